The van der Waals surface area contributed by atoms with Gasteiger partial charge in [0.25, 0.3) is 0 Å². The Labute approximate surface area is 151 Å². The zero-order valence-electron chi connectivity index (χ0n) is 13.4. The molecule has 25 heavy (non-hydrogen) atoms. The summed E-state index contributed by atoms with van der Waals surface area (Å²) in [6.45, 7) is 0. The van der Waals surface area contributed by atoms with E-state index < -0.39 is 0 Å². The summed E-state index contributed by atoms with van der Waals surface area (Å²) >= 11 is 6.22. The maximum absolute atomic E-state index is 6.22. The van der Waals surface area contributed by atoms with Crippen molar-refractivity contribution in [2.45, 2.75) is 6.17 Å². The van der Waals surface area contributed by atoms with Crippen LogP contribution < -0.4 is 5.32 Å². The first-order chi connectivity index (χ1) is 12.3. The molecule has 0 bridgehead atoms. The Bertz CT molecular complexity index is 934. The molecule has 4 heteroatoms. The highest BCUT2D eigenvalue weighted by Gasteiger charge is 2.19. The normalized spacial score (nSPS) is 16.6. The predicted molar refractivity (Wildman–Crippen MR) is 104 cm³/mol. The van der Waals surface area contributed by atoms with Crippen LogP contribution in [0.5, 0.6) is 0 Å². The summed E-state index contributed by atoms with van der Waals surface area (Å²) in [5, 5.41) is 3.49. The summed E-state index contributed by atoms with van der Waals surface area (Å²) in [5.41, 5.74) is 4.32. The van der Waals surface area contributed by atoms with Gasteiger partial charge in [0.05, 0.1) is 0 Å². The number of halogens is 1. The molecule has 3 aromatic carbocycles. The Morgan fingerprint density at radius 1 is 0.720 bits per heavy atom. The zero-order valence-corrected chi connectivity index (χ0v) is 14.2. The van der Waals surface area contributed by atoms with E-state index >= 15 is 0 Å². The summed E-state index contributed by atoms with van der Waals surface area (Å²) in [6, 6.07) is 28.5. The largest absolute Gasteiger partial charge is 0.335 e. The van der Waals surface area contributed by atoms with Gasteiger partial charge in [0.1, 0.15) is 6.17 Å². The van der Waals surface area contributed by atoms with Gasteiger partial charge in [-0.1, -0.05) is 78.9 Å². The van der Waals surface area contributed by atoms with Gasteiger partial charge in [0.15, 0.2) is 11.1 Å². The molecule has 0 fully saturated rings. The minimum atomic E-state index is -0.260. The van der Waals surface area contributed by atoms with Crippen LogP contribution in [0.3, 0.4) is 0 Å². The molecule has 1 N–H and O–H groups in total. The number of hydrogen-bond donors (Lipinski definition) is 1. The lowest BCUT2D eigenvalue weighted by molar-refractivity contribution is 0.680. The van der Waals surface area contributed by atoms with Crippen LogP contribution in [0.4, 0.5) is 0 Å². The Balaban J connectivity index is 1.70. The molecule has 0 aromatic heterocycles. The van der Waals surface area contributed by atoms with Crippen LogP contribution in [0, 0.1) is 0 Å². The first kappa shape index (κ1) is 15.6. The van der Waals surface area contributed by atoms with Crippen molar-refractivity contribution in [3.8, 4) is 11.1 Å². The molecule has 0 saturated heterocycles. The van der Waals surface area contributed by atoms with E-state index in [1.807, 2.05) is 60.7 Å². The Kier molecular flexibility index (Phi) is 4.32. The second-order valence-corrected chi connectivity index (χ2v) is 6.12. The Morgan fingerprint density at radius 3 is 2.08 bits per heavy atom. The van der Waals surface area contributed by atoms with Crippen molar-refractivity contribution in [3.05, 3.63) is 96.1 Å². The van der Waals surface area contributed by atoms with Gasteiger partial charge in [0.2, 0.25) is 0 Å². The molecule has 122 valence electrons. The number of hydrogen-bond acceptors (Lipinski definition) is 3. The van der Waals surface area contributed by atoms with Crippen LogP contribution in [0.2, 0.25) is 0 Å². The van der Waals surface area contributed by atoms with Gasteiger partial charge < -0.3 is 5.32 Å². The molecular weight excluding hydrogens is 330 g/mol. The van der Waals surface area contributed by atoms with E-state index in [2.05, 4.69) is 34.6 Å². The van der Waals surface area contributed by atoms with Crippen LogP contribution in [0.15, 0.2) is 94.9 Å². The summed E-state index contributed by atoms with van der Waals surface area (Å²) in [4.78, 5) is 9.07. The summed E-state index contributed by atoms with van der Waals surface area (Å²) in [6.07, 6.45) is -0.260. The predicted octanol–water partition coefficient (Wildman–Crippen LogP) is 5.00. The maximum Gasteiger partial charge on any atom is 0.199 e. The van der Waals surface area contributed by atoms with E-state index in [4.69, 9.17) is 16.6 Å². The number of nitrogens with one attached hydrogen (secondary N) is 1. The molecule has 1 aliphatic heterocycles. The van der Waals surface area contributed by atoms with Gasteiger partial charge in [-0.05, 0) is 34.4 Å². The minimum Gasteiger partial charge on any atom is -0.335 e. The molecule has 0 saturated carbocycles. The fourth-order valence-electron chi connectivity index (χ4n) is 2.82. The first-order valence-electron chi connectivity index (χ1n) is 8.09. The van der Waals surface area contributed by atoms with Crippen molar-refractivity contribution in [2.24, 2.45) is 9.98 Å². The maximum atomic E-state index is 6.22. The van der Waals surface area contributed by atoms with E-state index in [9.17, 15) is 0 Å². The van der Waals surface area contributed by atoms with Crippen molar-refractivity contribution < 1.29 is 0 Å². The second-order valence-electron chi connectivity index (χ2n) is 5.76. The average molecular weight is 346 g/mol. The quantitative estimate of drug-likeness (QED) is 0.666. The number of nitrogens with zero attached hydrogens (tertiary/aromatic N) is 2. The Hall–Kier alpha value is -2.91. The third kappa shape index (κ3) is 3.47. The standard InChI is InChI=1S/C21H16ClN3/c22-21-24-19(16-10-5-2-6-11-16)23-20(25-21)18-13-7-12-17(14-18)15-8-3-1-4-9-15/h1-14,20H,(H,23,24,25). The molecule has 4 rings (SSSR count). The monoisotopic (exact) mass is 345 g/mol. The van der Waals surface area contributed by atoms with Crippen molar-refractivity contribution in [1.29, 1.82) is 0 Å². The molecule has 1 unspecified atom stereocenters. The van der Waals surface area contributed by atoms with Crippen molar-refractivity contribution >= 4 is 22.7 Å². The van der Waals surface area contributed by atoms with Crippen LogP contribution in [0.25, 0.3) is 11.1 Å². The Morgan fingerprint density at radius 2 is 1.36 bits per heavy atom. The first-order valence-corrected chi connectivity index (χ1v) is 8.47. The molecule has 0 aliphatic carbocycles. The van der Waals surface area contributed by atoms with Gasteiger partial charge >= 0.3 is 0 Å². The van der Waals surface area contributed by atoms with Crippen molar-refractivity contribution in [2.75, 3.05) is 0 Å². The molecule has 1 aliphatic rings. The SMILES string of the molecule is ClC1=NC(c2ccccc2)=NC(c2cccc(-c3ccccc3)c2)N1. The van der Waals surface area contributed by atoms with Crippen LogP contribution in [-0.2, 0) is 0 Å². The van der Waals surface area contributed by atoms with Gasteiger partial charge in [-0.15, -0.1) is 0 Å². The highest BCUT2D eigenvalue weighted by Crippen LogP contribution is 2.26. The van der Waals surface area contributed by atoms with Gasteiger partial charge in [-0.2, -0.15) is 0 Å². The molecule has 3 nitrogen and oxygen atoms in total. The molecule has 0 radical (unpaired) electrons. The van der Waals surface area contributed by atoms with Gasteiger partial charge in [-0.3, -0.25) is 0 Å². The number of benzene rings is 3. The van der Waals surface area contributed by atoms with Crippen LogP contribution in [0.1, 0.15) is 17.3 Å². The summed E-state index contributed by atoms with van der Waals surface area (Å²) < 4.78 is 0. The number of rotatable bonds is 3. The topological polar surface area (TPSA) is 36.8 Å². The van der Waals surface area contributed by atoms with E-state index in [1.165, 1.54) is 5.56 Å². The van der Waals surface area contributed by atoms with Gasteiger partial charge in [-0.25, -0.2) is 9.98 Å². The third-order valence-corrected chi connectivity index (χ3v) is 4.25. The third-order valence-electron chi connectivity index (χ3n) is 4.05. The lowest BCUT2D eigenvalue weighted by Crippen LogP contribution is -2.29. The van der Waals surface area contributed by atoms with Crippen LogP contribution in [-0.4, -0.2) is 11.1 Å². The average Bonchev–Trinajstić information content (AvgIpc) is 2.69. The van der Waals surface area contributed by atoms with Crippen molar-refractivity contribution in [3.63, 3.8) is 0 Å². The highest BCUT2D eigenvalue weighted by atomic mass is 35.5. The minimum absolute atomic E-state index is 0.260. The fraction of sp³-hybridized carbons (Fsp3) is 0.0476. The summed E-state index contributed by atoms with van der Waals surface area (Å²) in [5.74, 6) is 0.638. The zero-order chi connectivity index (χ0) is 17.1. The van der Waals surface area contributed by atoms with Crippen molar-refractivity contribution in [1.82, 2.24) is 5.32 Å². The lowest BCUT2D eigenvalue weighted by Gasteiger charge is -2.21. The molecule has 1 atom stereocenters. The molecule has 3 aromatic rings. The van der Waals surface area contributed by atoms with E-state index in [0.29, 0.717) is 11.1 Å². The smallest absolute Gasteiger partial charge is 0.199 e. The summed E-state index contributed by atoms with van der Waals surface area (Å²) in [7, 11) is 0. The molecule has 0 spiro atoms. The fourth-order valence-corrected chi connectivity index (χ4v) is 3.01. The van der Waals surface area contributed by atoms with Gasteiger partial charge in [0, 0.05) is 5.56 Å². The van der Waals surface area contributed by atoms with E-state index in [1.54, 1.807) is 0 Å². The number of amidine groups is 2. The lowest BCUT2D eigenvalue weighted by atomic mass is 10.0. The molecule has 1 heterocycles. The number of aliphatic imine (C=N–C) groups is 2. The van der Waals surface area contributed by atoms with Crippen LogP contribution >= 0.6 is 11.6 Å². The van der Waals surface area contributed by atoms with E-state index in [0.717, 1.165) is 16.7 Å². The second kappa shape index (κ2) is 6.91. The van der Waals surface area contributed by atoms with E-state index in [-0.39, 0.29) is 6.17 Å². The molecular formula is C21H16ClN3. The molecule has 0 amide bonds. The highest BCUT2D eigenvalue weighted by molar-refractivity contribution is 6.65.